The van der Waals surface area contributed by atoms with Gasteiger partial charge in [0.2, 0.25) is 0 Å². The zero-order chi connectivity index (χ0) is 9.80. The van der Waals surface area contributed by atoms with Gasteiger partial charge in [0.15, 0.2) is 5.82 Å². The minimum atomic E-state index is -0.0716. The van der Waals surface area contributed by atoms with Gasteiger partial charge in [-0.15, -0.1) is 21.5 Å². The second-order valence-electron chi connectivity index (χ2n) is 2.77. The Morgan fingerprint density at radius 1 is 1.50 bits per heavy atom. The highest BCUT2D eigenvalue weighted by molar-refractivity contribution is 7.09. The van der Waals surface area contributed by atoms with Crippen molar-refractivity contribution in [1.82, 2.24) is 19.7 Å². The summed E-state index contributed by atoms with van der Waals surface area (Å²) in [7, 11) is 0. The van der Waals surface area contributed by atoms with Gasteiger partial charge in [0.1, 0.15) is 12.9 Å². The van der Waals surface area contributed by atoms with Crippen LogP contribution in [0.5, 0.6) is 0 Å². The van der Waals surface area contributed by atoms with E-state index >= 15 is 0 Å². The number of thiazole rings is 1. The Labute approximate surface area is 85.1 Å². The van der Waals surface area contributed by atoms with Crippen LogP contribution in [0.25, 0.3) is 0 Å². The van der Waals surface area contributed by atoms with Crippen LogP contribution >= 0.6 is 11.3 Å². The van der Waals surface area contributed by atoms with E-state index in [4.69, 9.17) is 5.11 Å². The zero-order valence-electron chi connectivity index (χ0n) is 7.50. The van der Waals surface area contributed by atoms with Crippen molar-refractivity contribution in [3.63, 3.8) is 0 Å². The summed E-state index contributed by atoms with van der Waals surface area (Å²) in [6, 6.07) is 0. The molecule has 0 bridgehead atoms. The first-order valence-electron chi connectivity index (χ1n) is 4.26. The Hall–Kier alpha value is -1.27. The molecule has 0 aliphatic carbocycles. The van der Waals surface area contributed by atoms with Gasteiger partial charge in [-0.1, -0.05) is 0 Å². The normalized spacial score (nSPS) is 10.6. The maximum atomic E-state index is 8.93. The predicted molar refractivity (Wildman–Crippen MR) is 51.8 cm³/mol. The van der Waals surface area contributed by atoms with Crippen molar-refractivity contribution < 1.29 is 5.11 Å². The molecule has 14 heavy (non-hydrogen) atoms. The van der Waals surface area contributed by atoms with Crippen molar-refractivity contribution >= 4 is 11.3 Å². The van der Waals surface area contributed by atoms with Gasteiger partial charge in [-0.3, -0.25) is 0 Å². The quantitative estimate of drug-likeness (QED) is 0.796. The first kappa shape index (κ1) is 9.29. The van der Waals surface area contributed by atoms with E-state index in [1.807, 2.05) is 9.95 Å². The van der Waals surface area contributed by atoms with E-state index in [1.54, 1.807) is 23.9 Å². The van der Waals surface area contributed by atoms with E-state index in [0.29, 0.717) is 5.82 Å². The molecule has 74 valence electrons. The van der Waals surface area contributed by atoms with Crippen molar-refractivity contribution in [2.75, 3.05) is 0 Å². The van der Waals surface area contributed by atoms with Crippen LogP contribution in [0.4, 0.5) is 0 Å². The molecule has 0 aromatic carbocycles. The molecule has 6 heteroatoms. The number of aryl methyl sites for hydroxylation is 2. The maximum Gasteiger partial charge on any atom is 0.158 e. The second-order valence-corrected chi connectivity index (χ2v) is 3.75. The van der Waals surface area contributed by atoms with Crippen LogP contribution < -0.4 is 0 Å². The number of hydrogen-bond donors (Lipinski definition) is 1. The van der Waals surface area contributed by atoms with E-state index in [0.717, 1.165) is 18.0 Å². The van der Waals surface area contributed by atoms with E-state index in [2.05, 4.69) is 15.2 Å². The van der Waals surface area contributed by atoms with Gasteiger partial charge in [-0.2, -0.15) is 0 Å². The van der Waals surface area contributed by atoms with Crippen LogP contribution in [-0.4, -0.2) is 24.9 Å². The fraction of sp³-hybridized carbons (Fsp3) is 0.375. The molecule has 0 spiro atoms. The Morgan fingerprint density at radius 3 is 3.14 bits per heavy atom. The van der Waals surface area contributed by atoms with Crippen LogP contribution in [0.15, 0.2) is 17.9 Å². The molecule has 0 saturated carbocycles. The Bertz CT molecular complexity index is 384. The van der Waals surface area contributed by atoms with Crippen molar-refractivity contribution in [2.45, 2.75) is 19.6 Å². The number of rotatable bonds is 4. The highest BCUT2D eigenvalue weighted by Gasteiger charge is 2.03. The summed E-state index contributed by atoms with van der Waals surface area (Å²) in [4.78, 5) is 4.17. The lowest BCUT2D eigenvalue weighted by Gasteiger charge is -2.01. The maximum absolute atomic E-state index is 8.93. The van der Waals surface area contributed by atoms with Crippen LogP contribution in [0.1, 0.15) is 10.8 Å². The molecule has 2 heterocycles. The third-order valence-electron chi connectivity index (χ3n) is 1.89. The van der Waals surface area contributed by atoms with Gasteiger partial charge in [-0.05, 0) is 0 Å². The average molecular weight is 210 g/mol. The Balaban J connectivity index is 1.98. The molecule has 2 aromatic rings. The number of aromatic nitrogens is 4. The SMILES string of the molecule is OCc1nncn1CCc1nccs1. The Morgan fingerprint density at radius 2 is 2.43 bits per heavy atom. The molecule has 0 atom stereocenters. The van der Waals surface area contributed by atoms with Crippen LogP contribution in [0.3, 0.4) is 0 Å². The first-order chi connectivity index (χ1) is 6.90. The lowest BCUT2D eigenvalue weighted by molar-refractivity contribution is 0.264. The zero-order valence-corrected chi connectivity index (χ0v) is 8.31. The molecule has 0 aliphatic rings. The van der Waals surface area contributed by atoms with Crippen LogP contribution in [0.2, 0.25) is 0 Å². The van der Waals surface area contributed by atoms with Crippen LogP contribution in [-0.2, 0) is 19.6 Å². The standard InChI is InChI=1S/C8H10N4OS/c13-5-7-11-10-6-12(7)3-1-8-9-2-4-14-8/h2,4,6,13H,1,3,5H2. The molecular formula is C8H10N4OS. The first-order valence-corrected chi connectivity index (χ1v) is 5.14. The van der Waals surface area contributed by atoms with Gasteiger partial charge >= 0.3 is 0 Å². The van der Waals surface area contributed by atoms with E-state index in [-0.39, 0.29) is 6.61 Å². The molecule has 0 fully saturated rings. The third-order valence-corrected chi connectivity index (χ3v) is 2.73. The molecule has 1 N–H and O–H groups in total. The van der Waals surface area contributed by atoms with Gasteiger partial charge in [0.05, 0.1) is 5.01 Å². The summed E-state index contributed by atoms with van der Waals surface area (Å²) in [6.07, 6.45) is 4.26. The average Bonchev–Trinajstić information content (AvgIpc) is 2.85. The summed E-state index contributed by atoms with van der Waals surface area (Å²) in [5.41, 5.74) is 0. The summed E-state index contributed by atoms with van der Waals surface area (Å²) < 4.78 is 1.83. The third kappa shape index (κ3) is 1.97. The minimum Gasteiger partial charge on any atom is -0.388 e. The number of aliphatic hydroxyl groups is 1. The Kier molecular flexibility index (Phi) is 2.85. The lowest BCUT2D eigenvalue weighted by atomic mass is 10.4. The molecule has 0 radical (unpaired) electrons. The highest BCUT2D eigenvalue weighted by Crippen LogP contribution is 2.06. The molecule has 2 rings (SSSR count). The van der Waals surface area contributed by atoms with Gasteiger partial charge in [-0.25, -0.2) is 4.98 Å². The largest absolute Gasteiger partial charge is 0.388 e. The molecule has 0 unspecified atom stereocenters. The smallest absolute Gasteiger partial charge is 0.158 e. The fourth-order valence-electron chi connectivity index (χ4n) is 1.18. The van der Waals surface area contributed by atoms with Crippen molar-refractivity contribution in [2.24, 2.45) is 0 Å². The molecule has 5 nitrogen and oxygen atoms in total. The number of aliphatic hydroxyl groups excluding tert-OH is 1. The number of nitrogens with zero attached hydrogens (tertiary/aromatic N) is 4. The van der Waals surface area contributed by atoms with Gasteiger partial charge < -0.3 is 9.67 Å². The fourth-order valence-corrected chi connectivity index (χ4v) is 1.79. The van der Waals surface area contributed by atoms with Crippen molar-refractivity contribution in [1.29, 1.82) is 0 Å². The predicted octanol–water partition coefficient (Wildman–Crippen LogP) is 0.470. The van der Waals surface area contributed by atoms with Crippen molar-refractivity contribution in [3.8, 4) is 0 Å². The molecule has 0 aliphatic heterocycles. The molecular weight excluding hydrogens is 200 g/mol. The van der Waals surface area contributed by atoms with E-state index in [9.17, 15) is 0 Å². The monoisotopic (exact) mass is 210 g/mol. The summed E-state index contributed by atoms with van der Waals surface area (Å²) in [6.45, 7) is 0.689. The summed E-state index contributed by atoms with van der Waals surface area (Å²) in [5, 5.41) is 19.5. The van der Waals surface area contributed by atoms with E-state index < -0.39 is 0 Å². The molecule has 2 aromatic heterocycles. The lowest BCUT2D eigenvalue weighted by Crippen LogP contribution is -2.05. The van der Waals surface area contributed by atoms with Crippen molar-refractivity contribution in [3.05, 3.63) is 28.7 Å². The molecule has 0 amide bonds. The van der Waals surface area contributed by atoms with Crippen LogP contribution in [0, 0.1) is 0 Å². The molecule has 0 saturated heterocycles. The van der Waals surface area contributed by atoms with E-state index in [1.165, 1.54) is 0 Å². The summed E-state index contributed by atoms with van der Waals surface area (Å²) >= 11 is 1.63. The topological polar surface area (TPSA) is 63.8 Å². The minimum absolute atomic E-state index is 0.0716. The van der Waals surface area contributed by atoms with Gasteiger partial charge in [0.25, 0.3) is 0 Å². The summed E-state index contributed by atoms with van der Waals surface area (Å²) in [5.74, 6) is 0.599. The number of hydrogen-bond acceptors (Lipinski definition) is 5. The second kappa shape index (κ2) is 4.30. The highest BCUT2D eigenvalue weighted by atomic mass is 32.1. The van der Waals surface area contributed by atoms with Gasteiger partial charge in [0, 0.05) is 24.5 Å².